The zero-order valence-electron chi connectivity index (χ0n) is 21.0. The fraction of sp³-hybridized carbons (Fsp3) is 0.296. The molecule has 2 aromatic carbocycles. The quantitative estimate of drug-likeness (QED) is 0.456. The van der Waals surface area contributed by atoms with Crippen LogP contribution in [-0.2, 0) is 9.53 Å². The molecule has 0 unspecified atom stereocenters. The molecule has 0 saturated carbocycles. The van der Waals surface area contributed by atoms with E-state index in [1.807, 2.05) is 12.1 Å². The predicted octanol–water partition coefficient (Wildman–Crippen LogP) is 3.21. The number of carbonyl (C=O) groups excluding carboxylic acids is 1. The largest absolute Gasteiger partial charge is 0.497 e. The number of methoxy groups -OCH3 is 3. The van der Waals surface area contributed by atoms with Crippen molar-refractivity contribution in [2.75, 3.05) is 21.3 Å². The van der Waals surface area contributed by atoms with E-state index in [0.29, 0.717) is 43.4 Å². The molecule has 1 aliphatic rings. The highest BCUT2D eigenvalue weighted by molar-refractivity contribution is 7.07. The summed E-state index contributed by atoms with van der Waals surface area (Å²) in [6.45, 7) is 5.33. The lowest BCUT2D eigenvalue weighted by molar-refractivity contribution is -0.143. The molecule has 36 heavy (non-hydrogen) atoms. The first-order valence-corrected chi connectivity index (χ1v) is 12.2. The first-order chi connectivity index (χ1) is 17.3. The Morgan fingerprint density at radius 1 is 1.03 bits per heavy atom. The standard InChI is InChI=1S/C27H28N2O6S/c1-15(2)35-26(31)23-16(3)28-27-29(24(23)17-7-9-19(32-4)10-8-17)25(30)22(36-27)14-18-13-20(33-5)11-12-21(18)34-6/h7-15,24H,1-6H3/b22-14-/t24-/m0/s1. The van der Waals surface area contributed by atoms with Gasteiger partial charge in [-0.15, -0.1) is 0 Å². The van der Waals surface area contributed by atoms with Crippen LogP contribution in [0, 0.1) is 0 Å². The molecule has 0 N–H and O–H groups in total. The van der Waals surface area contributed by atoms with Gasteiger partial charge in [-0.05, 0) is 62.7 Å². The number of ether oxygens (including phenoxy) is 4. The number of aromatic nitrogens is 1. The summed E-state index contributed by atoms with van der Waals surface area (Å²) in [5, 5.41) is 0. The van der Waals surface area contributed by atoms with Crippen LogP contribution < -0.4 is 29.1 Å². The van der Waals surface area contributed by atoms with Gasteiger partial charge in [-0.2, -0.15) is 0 Å². The first kappa shape index (κ1) is 25.2. The van der Waals surface area contributed by atoms with Crippen molar-refractivity contribution in [2.45, 2.75) is 32.9 Å². The minimum absolute atomic E-state index is 0.271. The number of benzene rings is 2. The number of fused-ring (bicyclic) bond motifs is 1. The molecule has 0 aliphatic carbocycles. The van der Waals surface area contributed by atoms with Crippen molar-refractivity contribution in [3.8, 4) is 17.2 Å². The van der Waals surface area contributed by atoms with Crippen LogP contribution in [0.2, 0.25) is 0 Å². The maximum Gasteiger partial charge on any atom is 0.338 e. The van der Waals surface area contributed by atoms with Gasteiger partial charge in [0.05, 0.1) is 49.3 Å². The first-order valence-electron chi connectivity index (χ1n) is 11.4. The highest BCUT2D eigenvalue weighted by Crippen LogP contribution is 2.32. The molecule has 2 heterocycles. The Hall–Kier alpha value is -3.85. The van der Waals surface area contributed by atoms with Crippen molar-refractivity contribution in [3.05, 3.63) is 84.5 Å². The van der Waals surface area contributed by atoms with E-state index in [0.717, 1.165) is 5.56 Å². The maximum atomic E-state index is 13.8. The summed E-state index contributed by atoms with van der Waals surface area (Å²) in [7, 11) is 4.73. The van der Waals surface area contributed by atoms with E-state index in [1.54, 1.807) is 83.1 Å². The Balaban J connectivity index is 1.95. The topological polar surface area (TPSA) is 88.4 Å². The van der Waals surface area contributed by atoms with Crippen LogP contribution in [0.15, 0.2) is 63.5 Å². The number of hydrogen-bond acceptors (Lipinski definition) is 8. The minimum atomic E-state index is -0.701. The lowest BCUT2D eigenvalue weighted by Crippen LogP contribution is -2.40. The van der Waals surface area contributed by atoms with Gasteiger partial charge < -0.3 is 18.9 Å². The van der Waals surface area contributed by atoms with Gasteiger partial charge in [0.25, 0.3) is 5.56 Å². The van der Waals surface area contributed by atoms with Crippen LogP contribution in [0.1, 0.15) is 37.9 Å². The normalized spacial score (nSPS) is 15.4. The third kappa shape index (κ3) is 4.79. The molecule has 1 aromatic heterocycles. The second-order valence-electron chi connectivity index (χ2n) is 8.42. The number of nitrogens with zero attached hydrogens (tertiary/aromatic N) is 2. The molecule has 0 radical (unpaired) electrons. The molecule has 4 rings (SSSR count). The Bertz CT molecular complexity index is 1500. The van der Waals surface area contributed by atoms with Gasteiger partial charge in [-0.1, -0.05) is 23.5 Å². The van der Waals surface area contributed by atoms with Gasteiger partial charge in [0.15, 0.2) is 4.80 Å². The van der Waals surface area contributed by atoms with Gasteiger partial charge in [0.1, 0.15) is 17.2 Å². The van der Waals surface area contributed by atoms with E-state index in [1.165, 1.54) is 11.3 Å². The molecular formula is C27H28N2O6S. The van der Waals surface area contributed by atoms with Gasteiger partial charge in [0.2, 0.25) is 0 Å². The number of carbonyl (C=O) groups is 1. The van der Waals surface area contributed by atoms with Crippen LogP contribution in [0.25, 0.3) is 6.08 Å². The van der Waals surface area contributed by atoms with Crippen LogP contribution in [-0.4, -0.2) is 38.0 Å². The number of hydrogen-bond donors (Lipinski definition) is 0. The molecule has 0 saturated heterocycles. The second kappa shape index (κ2) is 10.4. The number of allylic oxidation sites excluding steroid dienone is 1. The Morgan fingerprint density at radius 2 is 1.69 bits per heavy atom. The summed E-state index contributed by atoms with van der Waals surface area (Å²) in [6.07, 6.45) is 1.43. The van der Waals surface area contributed by atoms with Crippen LogP contribution in [0.5, 0.6) is 17.2 Å². The molecule has 9 heteroatoms. The zero-order valence-corrected chi connectivity index (χ0v) is 21.8. The van der Waals surface area contributed by atoms with Gasteiger partial charge in [-0.3, -0.25) is 9.36 Å². The van der Waals surface area contributed by atoms with Crippen LogP contribution >= 0.6 is 11.3 Å². The fourth-order valence-electron chi connectivity index (χ4n) is 4.06. The van der Waals surface area contributed by atoms with Crippen molar-refractivity contribution >= 4 is 23.4 Å². The summed E-state index contributed by atoms with van der Waals surface area (Å²) < 4.78 is 23.7. The summed E-state index contributed by atoms with van der Waals surface area (Å²) in [5.74, 6) is 1.41. The Morgan fingerprint density at radius 3 is 2.31 bits per heavy atom. The second-order valence-corrected chi connectivity index (χ2v) is 9.43. The fourth-order valence-corrected chi connectivity index (χ4v) is 5.09. The molecule has 0 amide bonds. The third-order valence-electron chi connectivity index (χ3n) is 5.74. The molecule has 188 valence electrons. The molecular weight excluding hydrogens is 480 g/mol. The number of rotatable bonds is 7. The minimum Gasteiger partial charge on any atom is -0.497 e. The molecule has 1 aliphatic heterocycles. The average Bonchev–Trinajstić information content (AvgIpc) is 3.16. The summed E-state index contributed by atoms with van der Waals surface area (Å²) in [4.78, 5) is 32.1. The Kier molecular flexibility index (Phi) is 7.30. The lowest BCUT2D eigenvalue weighted by atomic mass is 9.96. The highest BCUT2D eigenvalue weighted by Gasteiger charge is 2.33. The van der Waals surface area contributed by atoms with E-state index < -0.39 is 12.0 Å². The number of esters is 1. The average molecular weight is 509 g/mol. The van der Waals surface area contributed by atoms with E-state index in [2.05, 4.69) is 4.99 Å². The predicted molar refractivity (Wildman–Crippen MR) is 138 cm³/mol. The lowest BCUT2D eigenvalue weighted by Gasteiger charge is -2.25. The summed E-state index contributed by atoms with van der Waals surface area (Å²) in [5.41, 5.74) is 2.00. The van der Waals surface area contributed by atoms with Crippen molar-refractivity contribution in [1.29, 1.82) is 0 Å². The van der Waals surface area contributed by atoms with Crippen molar-refractivity contribution in [2.24, 2.45) is 4.99 Å². The van der Waals surface area contributed by atoms with Crippen LogP contribution in [0.4, 0.5) is 0 Å². The molecule has 1 atom stereocenters. The highest BCUT2D eigenvalue weighted by atomic mass is 32.1. The van der Waals surface area contributed by atoms with E-state index >= 15 is 0 Å². The zero-order chi connectivity index (χ0) is 26.0. The molecule has 0 fully saturated rings. The Labute approximate surface area is 212 Å². The van der Waals surface area contributed by atoms with Crippen molar-refractivity contribution < 1.29 is 23.7 Å². The SMILES string of the molecule is COc1ccc([C@H]2C(C(=O)OC(C)C)=C(C)N=c3s/c(=C\c4cc(OC)ccc4OC)c(=O)n32)cc1. The van der Waals surface area contributed by atoms with Gasteiger partial charge >= 0.3 is 5.97 Å². The van der Waals surface area contributed by atoms with Crippen molar-refractivity contribution in [1.82, 2.24) is 4.57 Å². The third-order valence-corrected chi connectivity index (χ3v) is 6.72. The molecule has 3 aromatic rings. The smallest absolute Gasteiger partial charge is 0.338 e. The molecule has 0 spiro atoms. The number of thiazole rings is 1. The van der Waals surface area contributed by atoms with Gasteiger partial charge in [-0.25, -0.2) is 9.79 Å². The van der Waals surface area contributed by atoms with Gasteiger partial charge in [0, 0.05) is 5.56 Å². The summed E-state index contributed by atoms with van der Waals surface area (Å²) >= 11 is 1.25. The monoisotopic (exact) mass is 508 g/mol. The van der Waals surface area contributed by atoms with Crippen LogP contribution in [0.3, 0.4) is 0 Å². The molecule has 8 nitrogen and oxygen atoms in total. The van der Waals surface area contributed by atoms with E-state index in [9.17, 15) is 9.59 Å². The van der Waals surface area contributed by atoms with E-state index in [-0.39, 0.29) is 11.7 Å². The maximum absolute atomic E-state index is 13.8. The van der Waals surface area contributed by atoms with Crippen molar-refractivity contribution in [3.63, 3.8) is 0 Å². The summed E-state index contributed by atoms with van der Waals surface area (Å²) in [6, 6.07) is 12.0. The molecule has 0 bridgehead atoms. The van der Waals surface area contributed by atoms with E-state index in [4.69, 9.17) is 18.9 Å².